The lowest BCUT2D eigenvalue weighted by Gasteiger charge is -2.32. The molecule has 1 rings (SSSR count). The summed E-state index contributed by atoms with van der Waals surface area (Å²) in [6.45, 7) is 3.24. The zero-order valence-corrected chi connectivity index (χ0v) is 8.34. The first-order chi connectivity index (χ1) is 6.49. The Morgan fingerprint density at radius 2 is 2.00 bits per heavy atom. The van der Waals surface area contributed by atoms with Gasteiger partial charge in [0.2, 0.25) is 0 Å². The Kier molecular flexibility index (Phi) is 3.42. The zero-order valence-electron chi connectivity index (χ0n) is 8.34. The van der Waals surface area contributed by atoms with E-state index in [4.69, 9.17) is 5.11 Å². The molecule has 0 bridgehead atoms. The molecule has 4 heteroatoms. The Labute approximate surface area is 82.9 Å². The smallest absolute Gasteiger partial charge is 0.189 e. The number of Topliss-reactive ketones (excluding diaryl/α,β-unsaturated/α-hetero) is 1. The average Bonchev–Trinajstić information content (AvgIpc) is 2.10. The molecule has 4 nitrogen and oxygen atoms in total. The van der Waals surface area contributed by atoms with E-state index in [1.54, 1.807) is 0 Å². The number of hydrogen-bond acceptors (Lipinski definition) is 4. The minimum Gasteiger partial charge on any atom is -0.392 e. The summed E-state index contributed by atoms with van der Waals surface area (Å²) in [6.07, 6.45) is -0.721. The number of rotatable bonds is 2. The second kappa shape index (κ2) is 4.21. The summed E-state index contributed by atoms with van der Waals surface area (Å²) in [4.78, 5) is 11.4. The van der Waals surface area contributed by atoms with Crippen LogP contribution in [0.25, 0.3) is 0 Å². The highest BCUT2D eigenvalue weighted by Crippen LogP contribution is 2.27. The number of ketones is 1. The summed E-state index contributed by atoms with van der Waals surface area (Å²) in [5, 5.41) is 28.1. The lowest BCUT2D eigenvalue weighted by Crippen LogP contribution is -2.44. The standard InChI is InChI=1S/C10H16O4/c1-5(2)8-7(12)3-6(4-11)9(13)10(8)14/h3,5,7-8,10-12,14H,4H2,1-2H3/t7-,8-,10+/m0/s1. The largest absolute Gasteiger partial charge is 0.392 e. The molecular formula is C10H16O4. The minimum absolute atomic E-state index is 0.0143. The molecule has 0 aromatic carbocycles. The van der Waals surface area contributed by atoms with Gasteiger partial charge in [0.05, 0.1) is 12.7 Å². The molecule has 80 valence electrons. The van der Waals surface area contributed by atoms with Crippen LogP contribution in [-0.4, -0.2) is 39.9 Å². The molecule has 0 aliphatic heterocycles. The van der Waals surface area contributed by atoms with Crippen LogP contribution in [0.4, 0.5) is 0 Å². The first kappa shape index (κ1) is 11.4. The van der Waals surface area contributed by atoms with Crippen molar-refractivity contribution in [2.75, 3.05) is 6.61 Å². The van der Waals surface area contributed by atoms with Gasteiger partial charge in [-0.25, -0.2) is 0 Å². The van der Waals surface area contributed by atoms with Crippen LogP contribution in [0.1, 0.15) is 13.8 Å². The van der Waals surface area contributed by atoms with Gasteiger partial charge in [-0.3, -0.25) is 4.79 Å². The maximum atomic E-state index is 11.4. The molecule has 0 radical (unpaired) electrons. The molecule has 3 atom stereocenters. The third-order valence-corrected chi connectivity index (χ3v) is 2.66. The molecule has 1 aliphatic rings. The predicted octanol–water partition coefficient (Wildman–Crippen LogP) is -0.518. The van der Waals surface area contributed by atoms with E-state index in [2.05, 4.69) is 0 Å². The van der Waals surface area contributed by atoms with Crippen LogP contribution < -0.4 is 0 Å². The molecule has 0 saturated heterocycles. The van der Waals surface area contributed by atoms with Crippen molar-refractivity contribution in [2.24, 2.45) is 11.8 Å². The van der Waals surface area contributed by atoms with Gasteiger partial charge in [-0.05, 0) is 12.0 Å². The van der Waals surface area contributed by atoms with Crippen molar-refractivity contribution in [1.29, 1.82) is 0 Å². The Bertz CT molecular complexity index is 257. The summed E-state index contributed by atoms with van der Waals surface area (Å²) in [7, 11) is 0. The van der Waals surface area contributed by atoms with Gasteiger partial charge in [-0.2, -0.15) is 0 Å². The van der Waals surface area contributed by atoms with Crippen LogP contribution in [0.5, 0.6) is 0 Å². The highest BCUT2D eigenvalue weighted by molar-refractivity contribution is 6.00. The monoisotopic (exact) mass is 200 g/mol. The van der Waals surface area contributed by atoms with Gasteiger partial charge in [0.15, 0.2) is 5.78 Å². The summed E-state index contributed by atoms with van der Waals surface area (Å²) >= 11 is 0. The van der Waals surface area contributed by atoms with Crippen molar-refractivity contribution >= 4 is 5.78 Å². The van der Waals surface area contributed by atoms with Gasteiger partial charge >= 0.3 is 0 Å². The molecule has 14 heavy (non-hydrogen) atoms. The molecule has 0 heterocycles. The quantitative estimate of drug-likeness (QED) is 0.560. The van der Waals surface area contributed by atoms with E-state index < -0.39 is 30.5 Å². The minimum atomic E-state index is -1.20. The molecule has 0 aromatic heterocycles. The van der Waals surface area contributed by atoms with Crippen LogP contribution in [-0.2, 0) is 4.79 Å². The molecule has 0 unspecified atom stereocenters. The van der Waals surface area contributed by atoms with Gasteiger partial charge < -0.3 is 15.3 Å². The fraction of sp³-hybridized carbons (Fsp3) is 0.700. The summed E-state index contributed by atoms with van der Waals surface area (Å²) in [5.74, 6) is -0.935. The van der Waals surface area contributed by atoms with E-state index in [1.807, 2.05) is 13.8 Å². The van der Waals surface area contributed by atoms with Crippen LogP contribution >= 0.6 is 0 Å². The third-order valence-electron chi connectivity index (χ3n) is 2.66. The first-order valence-electron chi connectivity index (χ1n) is 4.71. The van der Waals surface area contributed by atoms with Crippen molar-refractivity contribution in [3.63, 3.8) is 0 Å². The fourth-order valence-electron chi connectivity index (χ4n) is 1.84. The number of carbonyl (C=O) groups excluding carboxylic acids is 1. The SMILES string of the molecule is CC(C)[C@H]1[C@@H](O)C=C(CO)C(=O)[C@@H]1O. The third kappa shape index (κ3) is 1.87. The van der Waals surface area contributed by atoms with E-state index in [-0.39, 0.29) is 11.5 Å². The first-order valence-corrected chi connectivity index (χ1v) is 4.71. The van der Waals surface area contributed by atoms with Crippen molar-refractivity contribution in [3.8, 4) is 0 Å². The van der Waals surface area contributed by atoms with Crippen molar-refractivity contribution in [1.82, 2.24) is 0 Å². The van der Waals surface area contributed by atoms with Crippen molar-refractivity contribution < 1.29 is 20.1 Å². The molecule has 1 aliphatic carbocycles. The Balaban J connectivity index is 2.96. The Morgan fingerprint density at radius 1 is 1.43 bits per heavy atom. The van der Waals surface area contributed by atoms with E-state index in [0.717, 1.165) is 0 Å². The van der Waals surface area contributed by atoms with Crippen LogP contribution in [0, 0.1) is 11.8 Å². The Morgan fingerprint density at radius 3 is 2.43 bits per heavy atom. The lowest BCUT2D eigenvalue weighted by atomic mass is 9.77. The van der Waals surface area contributed by atoms with Crippen LogP contribution in [0.15, 0.2) is 11.6 Å². The summed E-state index contributed by atoms with van der Waals surface area (Å²) in [5.41, 5.74) is 0.0990. The van der Waals surface area contributed by atoms with Crippen LogP contribution in [0.3, 0.4) is 0 Å². The van der Waals surface area contributed by atoms with E-state index in [9.17, 15) is 15.0 Å². The molecule has 0 aromatic rings. The van der Waals surface area contributed by atoms with Crippen LogP contribution in [0.2, 0.25) is 0 Å². The highest BCUT2D eigenvalue weighted by atomic mass is 16.3. The molecule has 0 saturated carbocycles. The van der Waals surface area contributed by atoms with E-state index in [0.29, 0.717) is 0 Å². The van der Waals surface area contributed by atoms with E-state index in [1.165, 1.54) is 6.08 Å². The van der Waals surface area contributed by atoms with Gasteiger partial charge in [0, 0.05) is 11.5 Å². The zero-order chi connectivity index (χ0) is 10.9. The Hall–Kier alpha value is -0.710. The molecule has 0 amide bonds. The van der Waals surface area contributed by atoms with Gasteiger partial charge in [-0.15, -0.1) is 0 Å². The fourth-order valence-corrected chi connectivity index (χ4v) is 1.84. The van der Waals surface area contributed by atoms with E-state index >= 15 is 0 Å². The second-order valence-electron chi connectivity index (χ2n) is 3.97. The van der Waals surface area contributed by atoms with Gasteiger partial charge in [-0.1, -0.05) is 13.8 Å². The number of aliphatic hydroxyl groups is 3. The molecule has 0 fully saturated rings. The van der Waals surface area contributed by atoms with Gasteiger partial charge in [0.25, 0.3) is 0 Å². The van der Waals surface area contributed by atoms with Gasteiger partial charge in [0.1, 0.15) is 6.10 Å². The number of hydrogen-bond donors (Lipinski definition) is 3. The number of carbonyl (C=O) groups is 1. The summed E-state index contributed by atoms with van der Waals surface area (Å²) < 4.78 is 0. The molecular weight excluding hydrogens is 184 g/mol. The lowest BCUT2D eigenvalue weighted by molar-refractivity contribution is -0.131. The molecule has 0 spiro atoms. The summed E-state index contributed by atoms with van der Waals surface area (Å²) in [6, 6.07) is 0. The maximum absolute atomic E-state index is 11.4. The van der Waals surface area contributed by atoms with Crippen molar-refractivity contribution in [2.45, 2.75) is 26.1 Å². The maximum Gasteiger partial charge on any atom is 0.189 e. The number of aliphatic hydroxyl groups excluding tert-OH is 3. The second-order valence-corrected chi connectivity index (χ2v) is 3.97. The highest BCUT2D eigenvalue weighted by Gasteiger charge is 2.38. The average molecular weight is 200 g/mol. The normalized spacial score (nSPS) is 33.4. The topological polar surface area (TPSA) is 77.8 Å². The van der Waals surface area contributed by atoms with Crippen molar-refractivity contribution in [3.05, 3.63) is 11.6 Å². The predicted molar refractivity (Wildman–Crippen MR) is 50.5 cm³/mol. The molecule has 3 N–H and O–H groups in total.